The van der Waals surface area contributed by atoms with Gasteiger partial charge in [-0.2, -0.15) is 0 Å². The number of ether oxygens (including phenoxy) is 6. The summed E-state index contributed by atoms with van der Waals surface area (Å²) in [6.07, 6.45) is -5.28. The van der Waals surface area contributed by atoms with Gasteiger partial charge in [0, 0.05) is 18.9 Å². The van der Waals surface area contributed by atoms with Gasteiger partial charge in [-0.3, -0.25) is 0 Å². The van der Waals surface area contributed by atoms with E-state index >= 15 is 0 Å². The zero-order valence-electron chi connectivity index (χ0n) is 19.0. The maximum absolute atomic E-state index is 12.8. The Hall–Kier alpha value is -2.38. The molecule has 1 saturated heterocycles. The van der Waals surface area contributed by atoms with Crippen molar-refractivity contribution in [2.75, 3.05) is 27.9 Å². The number of nitrogens with zero attached hydrogens (tertiary/aromatic N) is 1. The van der Waals surface area contributed by atoms with Crippen molar-refractivity contribution in [3.05, 3.63) is 45.6 Å². The SMILES string of the molecule is COc1cc(C(=O)O[C@@H]2[C@@H](O)[C@@H](OC)O[C@H](CO)[C@H]2O)cc(Cl)c1OCc1cnc(OC)c(Cl)c1. The summed E-state index contributed by atoms with van der Waals surface area (Å²) in [4.78, 5) is 16.9. The maximum atomic E-state index is 12.8. The van der Waals surface area contributed by atoms with Gasteiger partial charge in [0.05, 0.1) is 31.4 Å². The lowest BCUT2D eigenvalue weighted by Gasteiger charge is -2.40. The van der Waals surface area contributed by atoms with Gasteiger partial charge < -0.3 is 43.7 Å². The Morgan fingerprint density at radius 2 is 1.83 bits per heavy atom. The predicted octanol–water partition coefficient (Wildman–Crippen LogP) is 1.60. The van der Waals surface area contributed by atoms with Gasteiger partial charge in [0.2, 0.25) is 5.88 Å². The van der Waals surface area contributed by atoms with Crippen molar-refractivity contribution >= 4 is 29.2 Å². The number of hydrogen-bond acceptors (Lipinski definition) is 11. The smallest absolute Gasteiger partial charge is 0.338 e. The second-order valence-electron chi connectivity index (χ2n) is 7.43. The van der Waals surface area contributed by atoms with Gasteiger partial charge in [-0.15, -0.1) is 0 Å². The molecular formula is C22H25Cl2NO10. The highest BCUT2D eigenvalue weighted by Gasteiger charge is 2.47. The fourth-order valence-corrected chi connectivity index (χ4v) is 3.94. The van der Waals surface area contributed by atoms with Gasteiger partial charge in [-0.05, 0) is 18.2 Å². The van der Waals surface area contributed by atoms with Crippen LogP contribution in [0.25, 0.3) is 0 Å². The number of pyridine rings is 1. The molecule has 0 radical (unpaired) electrons. The van der Waals surface area contributed by atoms with Crippen LogP contribution < -0.4 is 14.2 Å². The fraction of sp³-hybridized carbons (Fsp3) is 0.455. The van der Waals surface area contributed by atoms with E-state index in [0.29, 0.717) is 10.6 Å². The lowest BCUT2D eigenvalue weighted by molar-refractivity contribution is -0.293. The molecule has 192 valence electrons. The van der Waals surface area contributed by atoms with Crippen LogP contribution in [-0.4, -0.2) is 84.9 Å². The van der Waals surface area contributed by atoms with Crippen molar-refractivity contribution in [1.29, 1.82) is 0 Å². The summed E-state index contributed by atoms with van der Waals surface area (Å²) in [5, 5.41) is 30.5. The molecule has 13 heteroatoms. The van der Waals surface area contributed by atoms with E-state index in [1.54, 1.807) is 6.07 Å². The minimum absolute atomic E-state index is 0.0336. The Morgan fingerprint density at radius 1 is 1.09 bits per heavy atom. The Balaban J connectivity index is 1.77. The summed E-state index contributed by atoms with van der Waals surface area (Å²) in [6, 6.07) is 4.24. The van der Waals surface area contributed by atoms with Crippen LogP contribution in [0.15, 0.2) is 24.4 Å². The van der Waals surface area contributed by atoms with Crippen LogP contribution in [0.4, 0.5) is 0 Å². The molecule has 3 rings (SSSR count). The van der Waals surface area contributed by atoms with Crippen LogP contribution in [0, 0.1) is 0 Å². The summed E-state index contributed by atoms with van der Waals surface area (Å²) in [6.45, 7) is -0.541. The summed E-state index contributed by atoms with van der Waals surface area (Å²) < 4.78 is 31.7. The molecule has 0 amide bonds. The van der Waals surface area contributed by atoms with E-state index in [0.717, 1.165) is 0 Å². The van der Waals surface area contributed by atoms with Crippen LogP contribution >= 0.6 is 23.2 Å². The van der Waals surface area contributed by atoms with Gasteiger partial charge in [-0.25, -0.2) is 9.78 Å². The molecule has 0 aliphatic carbocycles. The first-order valence-corrected chi connectivity index (χ1v) is 11.0. The normalized spacial score (nSPS) is 24.1. The number of hydrogen-bond donors (Lipinski definition) is 3. The Morgan fingerprint density at radius 3 is 2.43 bits per heavy atom. The molecule has 3 N–H and O–H groups in total. The number of rotatable bonds is 9. The minimum Gasteiger partial charge on any atom is -0.493 e. The van der Waals surface area contributed by atoms with Gasteiger partial charge >= 0.3 is 5.97 Å². The average Bonchev–Trinajstić information content (AvgIpc) is 2.85. The molecule has 35 heavy (non-hydrogen) atoms. The number of aromatic nitrogens is 1. The van der Waals surface area contributed by atoms with Gasteiger partial charge in [-0.1, -0.05) is 23.2 Å². The molecule has 0 unspecified atom stereocenters. The van der Waals surface area contributed by atoms with Crippen molar-refractivity contribution in [2.45, 2.75) is 37.3 Å². The highest BCUT2D eigenvalue weighted by Crippen LogP contribution is 2.38. The van der Waals surface area contributed by atoms with Crippen LogP contribution in [0.1, 0.15) is 15.9 Å². The Labute approximate surface area is 211 Å². The lowest BCUT2D eigenvalue weighted by Crippen LogP contribution is -2.60. The zero-order chi connectivity index (χ0) is 25.7. The Bertz CT molecular complexity index is 1020. The van der Waals surface area contributed by atoms with E-state index in [9.17, 15) is 20.1 Å². The monoisotopic (exact) mass is 533 g/mol. The molecular weight excluding hydrogens is 509 g/mol. The summed E-state index contributed by atoms with van der Waals surface area (Å²) in [5.41, 5.74) is 0.597. The number of benzene rings is 1. The molecule has 0 bridgehead atoms. The molecule has 1 aliphatic rings. The molecule has 0 spiro atoms. The molecule has 0 saturated carbocycles. The van der Waals surface area contributed by atoms with E-state index in [-0.39, 0.29) is 34.6 Å². The van der Waals surface area contributed by atoms with Crippen LogP contribution in [0.5, 0.6) is 17.4 Å². The molecule has 1 aliphatic heterocycles. The summed E-state index contributed by atoms with van der Waals surface area (Å²) >= 11 is 12.4. The van der Waals surface area contributed by atoms with Crippen molar-refractivity contribution in [3.63, 3.8) is 0 Å². The number of aliphatic hydroxyl groups excluding tert-OH is 3. The number of methoxy groups -OCH3 is 3. The maximum Gasteiger partial charge on any atom is 0.338 e. The standard InChI is InChI=1S/C22H25Cl2NO10/c1-30-14-6-11(21(29)35-19-16(27)15(8-26)34-22(32-3)17(19)28)5-12(23)18(14)33-9-10-4-13(24)20(31-2)25-7-10/h4-7,15-17,19,22,26-28H,8-9H2,1-3H3/t15-,16-,17-,19+,22+/m1/s1. The van der Waals surface area contributed by atoms with Crippen molar-refractivity contribution in [1.82, 2.24) is 4.98 Å². The summed E-state index contributed by atoms with van der Waals surface area (Å²) in [5.74, 6) is -0.355. The quantitative estimate of drug-likeness (QED) is 0.403. The third-order valence-electron chi connectivity index (χ3n) is 5.20. The molecule has 1 fully saturated rings. The van der Waals surface area contributed by atoms with E-state index in [4.69, 9.17) is 51.6 Å². The number of halogens is 2. The highest BCUT2D eigenvalue weighted by atomic mass is 35.5. The van der Waals surface area contributed by atoms with E-state index in [1.807, 2.05) is 0 Å². The third kappa shape index (κ3) is 6.07. The molecule has 2 aromatic rings. The fourth-order valence-electron chi connectivity index (χ4n) is 3.41. The van der Waals surface area contributed by atoms with Gasteiger partial charge in [0.25, 0.3) is 0 Å². The highest BCUT2D eigenvalue weighted by molar-refractivity contribution is 6.32. The molecule has 1 aromatic carbocycles. The van der Waals surface area contributed by atoms with Crippen molar-refractivity contribution in [2.24, 2.45) is 0 Å². The topological polar surface area (TPSA) is 146 Å². The van der Waals surface area contributed by atoms with Crippen LogP contribution in [0.3, 0.4) is 0 Å². The number of esters is 1. The summed E-state index contributed by atoms with van der Waals surface area (Å²) in [7, 11) is 4.07. The van der Waals surface area contributed by atoms with Crippen LogP contribution in [-0.2, 0) is 20.8 Å². The largest absolute Gasteiger partial charge is 0.493 e. The molecule has 2 heterocycles. The predicted molar refractivity (Wildman–Crippen MR) is 122 cm³/mol. The second-order valence-corrected chi connectivity index (χ2v) is 8.24. The number of carbonyl (C=O) groups excluding carboxylic acids is 1. The number of aliphatic hydroxyl groups is 3. The minimum atomic E-state index is -1.51. The van der Waals surface area contributed by atoms with Crippen molar-refractivity contribution in [3.8, 4) is 17.4 Å². The average molecular weight is 534 g/mol. The first-order chi connectivity index (χ1) is 16.7. The first kappa shape index (κ1) is 27.2. The van der Waals surface area contributed by atoms with Crippen molar-refractivity contribution < 1.29 is 48.5 Å². The van der Waals surface area contributed by atoms with Crippen LogP contribution in [0.2, 0.25) is 10.0 Å². The van der Waals surface area contributed by atoms with Gasteiger partial charge in [0.15, 0.2) is 23.9 Å². The number of carbonyl (C=O) groups is 1. The zero-order valence-corrected chi connectivity index (χ0v) is 20.5. The second kappa shape index (κ2) is 12.0. The van der Waals surface area contributed by atoms with E-state index in [2.05, 4.69) is 4.98 Å². The molecule has 1 aromatic heterocycles. The molecule has 11 nitrogen and oxygen atoms in total. The van der Waals surface area contributed by atoms with E-state index < -0.39 is 43.3 Å². The third-order valence-corrected chi connectivity index (χ3v) is 5.75. The lowest BCUT2D eigenvalue weighted by atomic mass is 9.99. The first-order valence-electron chi connectivity index (χ1n) is 10.3. The van der Waals surface area contributed by atoms with E-state index in [1.165, 1.54) is 39.7 Å². The van der Waals surface area contributed by atoms with Gasteiger partial charge in [0.1, 0.15) is 29.9 Å². The Kier molecular flexibility index (Phi) is 9.36. The molecule has 5 atom stereocenters.